The highest BCUT2D eigenvalue weighted by Crippen LogP contribution is 2.26. The molecular formula is C17H22N6. The minimum absolute atomic E-state index is 0.187. The molecule has 0 aliphatic carbocycles. The Morgan fingerprint density at radius 2 is 1.87 bits per heavy atom. The molecule has 0 amide bonds. The van der Waals surface area contributed by atoms with Gasteiger partial charge in [-0.05, 0) is 46.0 Å². The van der Waals surface area contributed by atoms with Crippen LogP contribution in [0.3, 0.4) is 0 Å². The van der Waals surface area contributed by atoms with E-state index in [0.29, 0.717) is 11.6 Å². The highest BCUT2D eigenvalue weighted by molar-refractivity contribution is 5.44. The number of hydrogen-bond acceptors (Lipinski definition) is 5. The van der Waals surface area contributed by atoms with Gasteiger partial charge in [0.25, 0.3) is 0 Å². The third kappa shape index (κ3) is 3.47. The molecule has 3 rings (SSSR count). The molecule has 0 aliphatic rings. The maximum atomic E-state index is 4.40. The Bertz CT molecular complexity index is 762. The molecule has 0 bridgehead atoms. The van der Waals surface area contributed by atoms with Gasteiger partial charge in [-0.25, -0.2) is 0 Å². The molecule has 0 radical (unpaired) electrons. The predicted molar refractivity (Wildman–Crippen MR) is 90.2 cm³/mol. The number of nitrogens with one attached hydrogen (secondary N) is 1. The van der Waals surface area contributed by atoms with Crippen molar-refractivity contribution >= 4 is 11.5 Å². The second-order valence-corrected chi connectivity index (χ2v) is 6.10. The van der Waals surface area contributed by atoms with E-state index in [1.54, 1.807) is 0 Å². The van der Waals surface area contributed by atoms with E-state index in [2.05, 4.69) is 71.0 Å². The summed E-state index contributed by atoms with van der Waals surface area (Å²) in [6.45, 7) is 6.60. The number of benzene rings is 1. The summed E-state index contributed by atoms with van der Waals surface area (Å²) < 4.78 is 1.43. The standard InChI is InChI=1S/C17H22N6/c1-4-5-13-6-8-14(9-7-13)17(12(2)3)18-15-10-11-16-19-21-22-23(16)20-15/h6-12,17H,4-5H2,1-3H3,(H,18,20). The van der Waals surface area contributed by atoms with Crippen LogP contribution < -0.4 is 5.32 Å². The fourth-order valence-corrected chi connectivity index (χ4v) is 2.70. The first kappa shape index (κ1) is 15.4. The number of aromatic nitrogens is 5. The van der Waals surface area contributed by atoms with Gasteiger partial charge in [0.1, 0.15) is 5.82 Å². The lowest BCUT2D eigenvalue weighted by molar-refractivity contribution is 0.542. The number of hydrogen-bond donors (Lipinski definition) is 1. The van der Waals surface area contributed by atoms with Crippen LogP contribution in [0.2, 0.25) is 0 Å². The van der Waals surface area contributed by atoms with Crippen molar-refractivity contribution in [2.45, 2.75) is 39.7 Å². The fraction of sp³-hybridized carbons (Fsp3) is 0.412. The first-order chi connectivity index (χ1) is 11.2. The van der Waals surface area contributed by atoms with E-state index < -0.39 is 0 Å². The van der Waals surface area contributed by atoms with Crippen molar-refractivity contribution in [1.82, 2.24) is 25.3 Å². The number of nitrogens with zero attached hydrogens (tertiary/aromatic N) is 5. The van der Waals surface area contributed by atoms with Crippen molar-refractivity contribution in [1.29, 1.82) is 0 Å². The van der Waals surface area contributed by atoms with Crippen LogP contribution in [0.5, 0.6) is 0 Å². The molecule has 1 unspecified atom stereocenters. The first-order valence-corrected chi connectivity index (χ1v) is 8.08. The molecule has 120 valence electrons. The van der Waals surface area contributed by atoms with Crippen LogP contribution in [-0.2, 0) is 6.42 Å². The van der Waals surface area contributed by atoms with Crippen LogP contribution in [0.4, 0.5) is 5.82 Å². The summed E-state index contributed by atoms with van der Waals surface area (Å²) in [5.41, 5.74) is 3.28. The molecule has 6 heteroatoms. The van der Waals surface area contributed by atoms with Gasteiger partial charge in [-0.1, -0.05) is 51.5 Å². The summed E-state index contributed by atoms with van der Waals surface area (Å²) in [5, 5.41) is 19.2. The van der Waals surface area contributed by atoms with Crippen LogP contribution in [0, 0.1) is 5.92 Å². The van der Waals surface area contributed by atoms with Gasteiger partial charge in [-0.15, -0.1) is 14.8 Å². The largest absolute Gasteiger partial charge is 0.362 e. The van der Waals surface area contributed by atoms with Gasteiger partial charge in [0, 0.05) is 0 Å². The van der Waals surface area contributed by atoms with Gasteiger partial charge in [0.05, 0.1) is 6.04 Å². The molecule has 2 aromatic heterocycles. The zero-order valence-electron chi connectivity index (χ0n) is 13.8. The highest BCUT2D eigenvalue weighted by atomic mass is 15.6. The Balaban J connectivity index is 1.83. The third-order valence-corrected chi connectivity index (χ3v) is 3.92. The zero-order chi connectivity index (χ0) is 16.2. The molecule has 6 nitrogen and oxygen atoms in total. The molecule has 3 aromatic rings. The second-order valence-electron chi connectivity index (χ2n) is 6.10. The van der Waals surface area contributed by atoms with E-state index in [1.165, 1.54) is 22.2 Å². The van der Waals surface area contributed by atoms with Crippen LogP contribution in [0.15, 0.2) is 36.4 Å². The minimum atomic E-state index is 0.187. The first-order valence-electron chi connectivity index (χ1n) is 8.08. The Labute approximate surface area is 135 Å². The average molecular weight is 310 g/mol. The summed E-state index contributed by atoms with van der Waals surface area (Å²) in [7, 11) is 0. The predicted octanol–water partition coefficient (Wildman–Crippen LogP) is 3.28. The van der Waals surface area contributed by atoms with Crippen molar-refractivity contribution in [2.24, 2.45) is 5.92 Å². The topological polar surface area (TPSA) is 68.0 Å². The lowest BCUT2D eigenvalue weighted by Crippen LogP contribution is -2.18. The monoisotopic (exact) mass is 310 g/mol. The van der Waals surface area contributed by atoms with Crippen molar-refractivity contribution in [2.75, 3.05) is 5.32 Å². The van der Waals surface area contributed by atoms with Gasteiger partial charge in [0.2, 0.25) is 0 Å². The Hall–Kier alpha value is -2.50. The van der Waals surface area contributed by atoms with Crippen LogP contribution >= 0.6 is 0 Å². The van der Waals surface area contributed by atoms with E-state index in [9.17, 15) is 0 Å². The van der Waals surface area contributed by atoms with E-state index in [4.69, 9.17) is 0 Å². The lowest BCUT2D eigenvalue weighted by Gasteiger charge is -2.23. The molecule has 0 saturated heterocycles. The van der Waals surface area contributed by atoms with E-state index >= 15 is 0 Å². The Morgan fingerprint density at radius 3 is 2.57 bits per heavy atom. The molecule has 1 atom stereocenters. The van der Waals surface area contributed by atoms with Gasteiger partial charge in [-0.2, -0.15) is 0 Å². The number of rotatable bonds is 6. The van der Waals surface area contributed by atoms with Gasteiger partial charge < -0.3 is 5.32 Å². The number of tetrazole rings is 1. The Kier molecular flexibility index (Phi) is 4.50. The number of fused-ring (bicyclic) bond motifs is 1. The van der Waals surface area contributed by atoms with Crippen molar-refractivity contribution in [3.63, 3.8) is 0 Å². The molecule has 23 heavy (non-hydrogen) atoms. The Morgan fingerprint density at radius 1 is 1.09 bits per heavy atom. The van der Waals surface area contributed by atoms with E-state index in [0.717, 1.165) is 12.2 Å². The quantitative estimate of drug-likeness (QED) is 0.756. The zero-order valence-corrected chi connectivity index (χ0v) is 13.8. The molecule has 1 N–H and O–H groups in total. The molecule has 2 heterocycles. The molecule has 0 spiro atoms. The normalized spacial score (nSPS) is 12.7. The van der Waals surface area contributed by atoms with Gasteiger partial charge in [-0.3, -0.25) is 0 Å². The van der Waals surface area contributed by atoms with Crippen molar-refractivity contribution < 1.29 is 0 Å². The maximum absolute atomic E-state index is 4.40. The molecule has 0 fully saturated rings. The van der Waals surface area contributed by atoms with Crippen molar-refractivity contribution in [3.05, 3.63) is 47.5 Å². The van der Waals surface area contributed by atoms with Crippen LogP contribution in [0.1, 0.15) is 44.4 Å². The molecule has 0 saturated carbocycles. The van der Waals surface area contributed by atoms with Gasteiger partial charge >= 0.3 is 0 Å². The average Bonchev–Trinajstić information content (AvgIpc) is 3.01. The highest BCUT2D eigenvalue weighted by Gasteiger charge is 2.16. The van der Waals surface area contributed by atoms with Crippen LogP contribution in [-0.4, -0.2) is 25.3 Å². The van der Waals surface area contributed by atoms with Gasteiger partial charge in [0.15, 0.2) is 5.65 Å². The second kappa shape index (κ2) is 6.73. The maximum Gasteiger partial charge on any atom is 0.200 e. The SMILES string of the molecule is CCCc1ccc(C(Nc2ccc3nnnn3n2)C(C)C)cc1. The van der Waals surface area contributed by atoms with E-state index in [-0.39, 0.29) is 6.04 Å². The van der Waals surface area contributed by atoms with E-state index in [1.807, 2.05) is 12.1 Å². The minimum Gasteiger partial charge on any atom is -0.362 e. The summed E-state index contributed by atoms with van der Waals surface area (Å²) in [6, 6.07) is 12.8. The molecule has 0 aliphatic heterocycles. The number of aryl methyl sites for hydroxylation is 1. The smallest absolute Gasteiger partial charge is 0.200 e. The lowest BCUT2D eigenvalue weighted by atomic mass is 9.94. The van der Waals surface area contributed by atoms with Crippen molar-refractivity contribution in [3.8, 4) is 0 Å². The summed E-state index contributed by atoms with van der Waals surface area (Å²) >= 11 is 0. The van der Waals surface area contributed by atoms with Crippen LogP contribution in [0.25, 0.3) is 5.65 Å². The number of anilines is 1. The summed E-state index contributed by atoms with van der Waals surface area (Å²) in [5.74, 6) is 1.19. The third-order valence-electron chi connectivity index (χ3n) is 3.92. The molecular weight excluding hydrogens is 288 g/mol. The fourth-order valence-electron chi connectivity index (χ4n) is 2.70. The molecule has 1 aromatic carbocycles. The summed E-state index contributed by atoms with van der Waals surface area (Å²) in [6.07, 6.45) is 2.29. The summed E-state index contributed by atoms with van der Waals surface area (Å²) in [4.78, 5) is 0.